The first-order valence-corrected chi connectivity index (χ1v) is 9.43. The van der Waals surface area contributed by atoms with E-state index < -0.39 is 0 Å². The number of thiophene rings is 1. The van der Waals surface area contributed by atoms with Crippen LogP contribution in [0.25, 0.3) is 0 Å². The number of nitrogens with one attached hydrogen (secondary N) is 2. The Morgan fingerprint density at radius 2 is 2.08 bits per heavy atom. The lowest BCUT2D eigenvalue weighted by Gasteiger charge is -2.31. The summed E-state index contributed by atoms with van der Waals surface area (Å²) in [6.45, 7) is 6.07. The van der Waals surface area contributed by atoms with Crippen LogP contribution in [0, 0.1) is 12.8 Å². The van der Waals surface area contributed by atoms with E-state index in [9.17, 15) is 4.79 Å². The predicted octanol–water partition coefficient (Wildman–Crippen LogP) is 4.09. The van der Waals surface area contributed by atoms with Gasteiger partial charge in [0.05, 0.1) is 0 Å². The third-order valence-electron chi connectivity index (χ3n) is 4.49. The first-order chi connectivity index (χ1) is 11.7. The fraction of sp³-hybridized carbons (Fsp3) is 0.421. The second-order valence-corrected chi connectivity index (χ2v) is 7.54. The molecule has 0 spiro atoms. The monoisotopic (exact) mass is 343 g/mol. The van der Waals surface area contributed by atoms with E-state index in [1.807, 2.05) is 42.5 Å². The summed E-state index contributed by atoms with van der Waals surface area (Å²) in [5, 5.41) is 8.05. The van der Waals surface area contributed by atoms with E-state index in [0.29, 0.717) is 5.92 Å². The van der Waals surface area contributed by atoms with E-state index >= 15 is 0 Å². The Kier molecular flexibility index (Phi) is 5.88. The predicted molar refractivity (Wildman–Crippen MR) is 101 cm³/mol. The van der Waals surface area contributed by atoms with E-state index in [4.69, 9.17) is 0 Å². The summed E-state index contributed by atoms with van der Waals surface area (Å²) in [7, 11) is 0. The number of rotatable bonds is 5. The largest absolute Gasteiger partial charge is 0.338 e. The molecule has 1 saturated heterocycles. The minimum Gasteiger partial charge on any atom is -0.338 e. The van der Waals surface area contributed by atoms with Gasteiger partial charge in [-0.1, -0.05) is 18.2 Å². The van der Waals surface area contributed by atoms with Gasteiger partial charge >= 0.3 is 6.03 Å². The maximum absolute atomic E-state index is 12.0. The number of aryl methyl sites for hydroxylation is 1. The Bertz CT molecular complexity index is 648. The van der Waals surface area contributed by atoms with Crippen molar-refractivity contribution in [1.82, 2.24) is 10.2 Å². The van der Waals surface area contributed by atoms with Crippen molar-refractivity contribution < 1.29 is 4.79 Å². The van der Waals surface area contributed by atoms with Crippen molar-refractivity contribution in [3.05, 3.63) is 52.2 Å². The highest BCUT2D eigenvalue weighted by molar-refractivity contribution is 7.09. The molecule has 128 valence electrons. The van der Waals surface area contributed by atoms with Crippen molar-refractivity contribution in [3.63, 3.8) is 0 Å². The average Bonchev–Trinajstić information content (AvgIpc) is 3.07. The fourth-order valence-corrected chi connectivity index (χ4v) is 3.85. The Labute approximate surface area is 147 Å². The van der Waals surface area contributed by atoms with Crippen LogP contribution in [0.2, 0.25) is 0 Å². The highest BCUT2D eigenvalue weighted by atomic mass is 32.1. The first kappa shape index (κ1) is 17.0. The molecule has 1 fully saturated rings. The van der Waals surface area contributed by atoms with Gasteiger partial charge in [-0.2, -0.15) is 0 Å². The number of benzene rings is 1. The van der Waals surface area contributed by atoms with Crippen LogP contribution in [-0.4, -0.2) is 30.6 Å². The smallest absolute Gasteiger partial charge is 0.319 e. The SMILES string of the molecule is Cc1cccc(NC(=O)NCC2CCN(Cc3cccs3)CC2)c1. The van der Waals surface area contributed by atoms with Crippen molar-refractivity contribution in [1.29, 1.82) is 0 Å². The molecule has 1 aromatic carbocycles. The van der Waals surface area contributed by atoms with Crippen molar-refractivity contribution >= 4 is 23.1 Å². The molecule has 1 aromatic heterocycles. The molecule has 2 aromatic rings. The van der Waals surface area contributed by atoms with Crippen LogP contribution in [0.15, 0.2) is 41.8 Å². The van der Waals surface area contributed by atoms with Crippen LogP contribution in [0.3, 0.4) is 0 Å². The van der Waals surface area contributed by atoms with Crippen LogP contribution < -0.4 is 10.6 Å². The molecule has 0 saturated carbocycles. The molecular weight excluding hydrogens is 318 g/mol. The zero-order chi connectivity index (χ0) is 16.8. The minimum atomic E-state index is -0.110. The van der Waals surface area contributed by atoms with Gasteiger partial charge in [0.25, 0.3) is 0 Å². The van der Waals surface area contributed by atoms with Crippen molar-refractivity contribution in [2.75, 3.05) is 25.0 Å². The molecule has 1 aliphatic rings. The van der Waals surface area contributed by atoms with Gasteiger partial charge < -0.3 is 10.6 Å². The average molecular weight is 343 g/mol. The second kappa shape index (κ2) is 8.31. The molecule has 0 aliphatic carbocycles. The van der Waals surface area contributed by atoms with Gasteiger partial charge in [-0.15, -0.1) is 11.3 Å². The lowest BCUT2D eigenvalue weighted by atomic mass is 9.97. The number of nitrogens with zero attached hydrogens (tertiary/aromatic N) is 1. The van der Waals surface area contributed by atoms with Crippen LogP contribution in [0.4, 0.5) is 10.5 Å². The lowest BCUT2D eigenvalue weighted by Crippen LogP contribution is -2.39. The molecule has 0 radical (unpaired) electrons. The molecule has 3 rings (SSSR count). The standard InChI is InChI=1S/C19H25N3OS/c1-15-4-2-5-17(12-15)21-19(23)20-13-16-7-9-22(10-8-16)14-18-6-3-11-24-18/h2-6,11-12,16H,7-10,13-14H2,1H3,(H2,20,21,23). The number of hydrogen-bond acceptors (Lipinski definition) is 3. The number of likely N-dealkylation sites (tertiary alicyclic amines) is 1. The van der Waals surface area contributed by atoms with Crippen molar-refractivity contribution in [2.24, 2.45) is 5.92 Å². The Hall–Kier alpha value is -1.85. The third kappa shape index (κ3) is 5.08. The number of carbonyl (C=O) groups is 1. The van der Waals surface area contributed by atoms with Gasteiger partial charge in [0.15, 0.2) is 0 Å². The van der Waals surface area contributed by atoms with Crippen LogP contribution in [-0.2, 0) is 6.54 Å². The van der Waals surface area contributed by atoms with E-state index in [1.54, 1.807) is 0 Å². The molecule has 0 unspecified atom stereocenters. The van der Waals surface area contributed by atoms with Crippen molar-refractivity contribution in [3.8, 4) is 0 Å². The van der Waals surface area contributed by atoms with E-state index in [1.165, 1.54) is 4.88 Å². The molecule has 2 N–H and O–H groups in total. The fourth-order valence-electron chi connectivity index (χ4n) is 3.11. The summed E-state index contributed by atoms with van der Waals surface area (Å²) >= 11 is 1.83. The second-order valence-electron chi connectivity index (χ2n) is 6.50. The third-order valence-corrected chi connectivity index (χ3v) is 5.36. The summed E-state index contributed by atoms with van der Waals surface area (Å²) in [5.74, 6) is 0.577. The summed E-state index contributed by atoms with van der Waals surface area (Å²) in [5.41, 5.74) is 1.99. The van der Waals surface area contributed by atoms with Gasteiger partial charge in [0, 0.05) is 23.7 Å². The zero-order valence-electron chi connectivity index (χ0n) is 14.1. The molecule has 24 heavy (non-hydrogen) atoms. The van der Waals surface area contributed by atoms with Crippen LogP contribution in [0.1, 0.15) is 23.3 Å². The topological polar surface area (TPSA) is 44.4 Å². The maximum Gasteiger partial charge on any atom is 0.319 e. The highest BCUT2D eigenvalue weighted by Crippen LogP contribution is 2.20. The molecule has 2 amide bonds. The molecule has 5 heteroatoms. The number of anilines is 1. The molecule has 0 bridgehead atoms. The number of piperidine rings is 1. The first-order valence-electron chi connectivity index (χ1n) is 8.55. The summed E-state index contributed by atoms with van der Waals surface area (Å²) in [6.07, 6.45) is 2.30. The minimum absolute atomic E-state index is 0.110. The summed E-state index contributed by atoms with van der Waals surface area (Å²) in [4.78, 5) is 16.0. The van der Waals surface area contributed by atoms with E-state index in [0.717, 1.165) is 50.3 Å². The van der Waals surface area contributed by atoms with Gasteiger partial charge in [0.1, 0.15) is 0 Å². The summed E-state index contributed by atoms with van der Waals surface area (Å²) in [6, 6.07) is 12.1. The highest BCUT2D eigenvalue weighted by Gasteiger charge is 2.19. The Balaban J connectivity index is 1.36. The van der Waals surface area contributed by atoms with Gasteiger partial charge in [0.2, 0.25) is 0 Å². The van der Waals surface area contributed by atoms with Crippen molar-refractivity contribution in [2.45, 2.75) is 26.3 Å². The Morgan fingerprint density at radius 1 is 1.25 bits per heavy atom. The quantitative estimate of drug-likeness (QED) is 0.859. The number of urea groups is 1. The molecule has 0 atom stereocenters. The zero-order valence-corrected chi connectivity index (χ0v) is 14.9. The Morgan fingerprint density at radius 3 is 2.79 bits per heavy atom. The number of carbonyl (C=O) groups excluding carboxylic acids is 1. The molecule has 4 nitrogen and oxygen atoms in total. The molecule has 1 aliphatic heterocycles. The number of hydrogen-bond donors (Lipinski definition) is 2. The molecule has 2 heterocycles. The van der Waals surface area contributed by atoms with Crippen LogP contribution in [0.5, 0.6) is 0 Å². The summed E-state index contributed by atoms with van der Waals surface area (Å²) < 4.78 is 0. The van der Waals surface area contributed by atoms with Gasteiger partial charge in [-0.25, -0.2) is 4.79 Å². The number of amides is 2. The van der Waals surface area contributed by atoms with Gasteiger partial charge in [-0.3, -0.25) is 4.90 Å². The lowest BCUT2D eigenvalue weighted by molar-refractivity contribution is 0.177. The normalized spacial score (nSPS) is 16.0. The molecular formula is C19H25N3OS. The van der Waals surface area contributed by atoms with Gasteiger partial charge in [-0.05, 0) is 67.9 Å². The maximum atomic E-state index is 12.0. The van der Waals surface area contributed by atoms with E-state index in [2.05, 4.69) is 33.0 Å². The van der Waals surface area contributed by atoms with E-state index in [-0.39, 0.29) is 6.03 Å². The van der Waals surface area contributed by atoms with Crippen LogP contribution >= 0.6 is 11.3 Å².